The lowest BCUT2D eigenvalue weighted by Gasteiger charge is -2.22. The summed E-state index contributed by atoms with van der Waals surface area (Å²) in [5, 5.41) is 8.66. The van der Waals surface area contributed by atoms with Gasteiger partial charge >= 0.3 is 11.9 Å². The molecule has 0 fully saturated rings. The second-order valence-electron chi connectivity index (χ2n) is 5.48. The predicted octanol–water partition coefficient (Wildman–Crippen LogP) is 4.17. The molecule has 4 nitrogen and oxygen atoms in total. The van der Waals surface area contributed by atoms with Crippen LogP contribution in [-0.2, 0) is 14.3 Å². The molecule has 1 N–H and O–H groups in total. The van der Waals surface area contributed by atoms with E-state index >= 15 is 0 Å². The van der Waals surface area contributed by atoms with Crippen molar-refractivity contribution >= 4 is 11.9 Å². The molecule has 0 radical (unpaired) electrons. The Morgan fingerprint density at radius 2 is 1.65 bits per heavy atom. The average molecular weight is 286 g/mol. The van der Waals surface area contributed by atoms with Crippen molar-refractivity contribution in [2.45, 2.75) is 84.7 Å². The summed E-state index contributed by atoms with van der Waals surface area (Å²) in [7, 11) is 0. The Morgan fingerprint density at radius 1 is 1.00 bits per heavy atom. The van der Waals surface area contributed by atoms with Crippen LogP contribution in [0.5, 0.6) is 0 Å². The summed E-state index contributed by atoms with van der Waals surface area (Å²) in [5.74, 6) is -2.09. The molecule has 0 aromatic heterocycles. The smallest absolute Gasteiger partial charge is 0.417 e. The molecule has 2 unspecified atom stereocenters. The minimum Gasteiger partial charge on any atom is -0.473 e. The lowest BCUT2D eigenvalue weighted by atomic mass is 9.91. The van der Waals surface area contributed by atoms with Gasteiger partial charge in [0.05, 0.1) is 0 Å². The van der Waals surface area contributed by atoms with Crippen molar-refractivity contribution in [3.63, 3.8) is 0 Å². The summed E-state index contributed by atoms with van der Waals surface area (Å²) in [4.78, 5) is 21.9. The molecule has 0 aromatic carbocycles. The van der Waals surface area contributed by atoms with E-state index in [0.29, 0.717) is 5.92 Å². The number of carbonyl (C=O) groups excluding carboxylic acids is 1. The van der Waals surface area contributed by atoms with Gasteiger partial charge in [0.2, 0.25) is 0 Å². The van der Waals surface area contributed by atoms with Crippen LogP contribution in [0.3, 0.4) is 0 Å². The van der Waals surface area contributed by atoms with Crippen LogP contribution in [0.4, 0.5) is 0 Å². The quantitative estimate of drug-likeness (QED) is 0.352. The average Bonchev–Trinajstić information content (AvgIpc) is 2.42. The number of carboxylic acids is 1. The highest BCUT2D eigenvalue weighted by molar-refractivity contribution is 6.28. The van der Waals surface area contributed by atoms with Crippen molar-refractivity contribution in [3.8, 4) is 0 Å². The number of aliphatic carboxylic acids is 1. The van der Waals surface area contributed by atoms with Gasteiger partial charge < -0.3 is 9.84 Å². The Kier molecular flexibility index (Phi) is 11.1. The lowest BCUT2D eigenvalue weighted by Crippen LogP contribution is -2.26. The van der Waals surface area contributed by atoms with E-state index in [-0.39, 0.29) is 6.10 Å². The maximum Gasteiger partial charge on any atom is 0.417 e. The number of hydrogen-bond donors (Lipinski definition) is 1. The number of unbranched alkanes of at least 4 members (excludes halogenated alkanes) is 3. The van der Waals surface area contributed by atoms with Crippen LogP contribution >= 0.6 is 0 Å². The van der Waals surface area contributed by atoms with Gasteiger partial charge in [0.25, 0.3) is 0 Å². The van der Waals surface area contributed by atoms with Crippen LogP contribution in [-0.4, -0.2) is 23.1 Å². The fourth-order valence-corrected chi connectivity index (χ4v) is 2.40. The zero-order valence-electron chi connectivity index (χ0n) is 13.2. The summed E-state index contributed by atoms with van der Waals surface area (Å²) in [6.45, 7) is 6.42. The van der Waals surface area contributed by atoms with E-state index in [0.717, 1.165) is 51.4 Å². The third-order valence-electron chi connectivity index (χ3n) is 3.72. The zero-order chi connectivity index (χ0) is 15.4. The maximum absolute atomic E-state index is 11.2. The molecule has 0 saturated carbocycles. The fraction of sp³-hybridized carbons (Fsp3) is 0.875. The minimum absolute atomic E-state index is 0.244. The zero-order valence-corrected chi connectivity index (χ0v) is 13.2. The Morgan fingerprint density at radius 3 is 2.15 bits per heavy atom. The second kappa shape index (κ2) is 11.7. The second-order valence-corrected chi connectivity index (χ2v) is 5.48. The van der Waals surface area contributed by atoms with Gasteiger partial charge in [-0.15, -0.1) is 0 Å². The van der Waals surface area contributed by atoms with Crippen molar-refractivity contribution < 1.29 is 19.4 Å². The molecule has 0 aromatic rings. The molecule has 0 aliphatic rings. The first kappa shape index (κ1) is 18.9. The van der Waals surface area contributed by atoms with E-state index in [2.05, 4.69) is 20.8 Å². The molecular formula is C16H30O4. The molecule has 0 rings (SSSR count). The number of rotatable bonds is 11. The summed E-state index contributed by atoms with van der Waals surface area (Å²) in [6.07, 6.45) is 9.01. The van der Waals surface area contributed by atoms with Crippen LogP contribution < -0.4 is 0 Å². The fourth-order valence-electron chi connectivity index (χ4n) is 2.40. The first-order chi connectivity index (χ1) is 9.54. The molecule has 20 heavy (non-hydrogen) atoms. The molecule has 0 bridgehead atoms. The minimum atomic E-state index is -1.49. The molecule has 4 heteroatoms. The van der Waals surface area contributed by atoms with E-state index in [1.54, 1.807) is 0 Å². The normalized spacial score (nSPS) is 13.8. The monoisotopic (exact) mass is 286 g/mol. The van der Waals surface area contributed by atoms with E-state index in [1.165, 1.54) is 6.42 Å². The van der Waals surface area contributed by atoms with Gasteiger partial charge in [0.1, 0.15) is 6.10 Å². The first-order valence-electron chi connectivity index (χ1n) is 7.98. The highest BCUT2D eigenvalue weighted by Gasteiger charge is 2.22. The van der Waals surface area contributed by atoms with E-state index < -0.39 is 11.9 Å². The molecule has 0 aliphatic carbocycles. The van der Waals surface area contributed by atoms with Gasteiger partial charge in [-0.05, 0) is 25.2 Å². The Labute approximate surface area is 122 Å². The van der Waals surface area contributed by atoms with Gasteiger partial charge in [-0.3, -0.25) is 0 Å². The summed E-state index contributed by atoms with van der Waals surface area (Å²) >= 11 is 0. The van der Waals surface area contributed by atoms with E-state index in [4.69, 9.17) is 9.84 Å². The molecule has 0 spiro atoms. The Balaban J connectivity index is 4.39. The number of hydrogen-bond acceptors (Lipinski definition) is 3. The Bertz CT molecular complexity index is 276. The molecule has 0 aliphatic heterocycles. The summed E-state index contributed by atoms with van der Waals surface area (Å²) in [6, 6.07) is 0. The molecule has 2 atom stereocenters. The van der Waals surface area contributed by atoms with Crippen LogP contribution in [0.15, 0.2) is 0 Å². The number of carboxylic acid groups (broad SMARTS) is 1. The standard InChI is InChI=1S/C16H30O4/c1-4-7-9-11-14(20-16(19)15(17)18)12-13(6-3)10-8-5-2/h13-14H,4-12H2,1-3H3,(H,17,18). The first-order valence-corrected chi connectivity index (χ1v) is 7.98. The molecule has 118 valence electrons. The van der Waals surface area contributed by atoms with Gasteiger partial charge in [-0.1, -0.05) is 59.3 Å². The lowest BCUT2D eigenvalue weighted by molar-refractivity contribution is -0.168. The van der Waals surface area contributed by atoms with Gasteiger partial charge in [-0.2, -0.15) is 0 Å². The number of carbonyl (C=O) groups is 2. The van der Waals surface area contributed by atoms with E-state index in [1.807, 2.05) is 0 Å². The van der Waals surface area contributed by atoms with E-state index in [9.17, 15) is 9.59 Å². The summed E-state index contributed by atoms with van der Waals surface area (Å²) < 4.78 is 5.13. The largest absolute Gasteiger partial charge is 0.473 e. The third-order valence-corrected chi connectivity index (χ3v) is 3.72. The number of esters is 1. The molecule has 0 amide bonds. The van der Waals surface area contributed by atoms with Crippen molar-refractivity contribution in [2.75, 3.05) is 0 Å². The molecule has 0 heterocycles. The Hall–Kier alpha value is -1.06. The maximum atomic E-state index is 11.2. The van der Waals surface area contributed by atoms with Crippen molar-refractivity contribution in [3.05, 3.63) is 0 Å². The predicted molar refractivity (Wildman–Crippen MR) is 79.6 cm³/mol. The highest BCUT2D eigenvalue weighted by atomic mass is 16.6. The third kappa shape index (κ3) is 8.94. The van der Waals surface area contributed by atoms with Crippen molar-refractivity contribution in [2.24, 2.45) is 5.92 Å². The molecular weight excluding hydrogens is 256 g/mol. The molecule has 0 saturated heterocycles. The van der Waals surface area contributed by atoms with Crippen LogP contribution in [0.25, 0.3) is 0 Å². The van der Waals surface area contributed by atoms with Crippen LogP contribution in [0.1, 0.15) is 78.6 Å². The van der Waals surface area contributed by atoms with Gasteiger partial charge in [0.15, 0.2) is 0 Å². The van der Waals surface area contributed by atoms with Gasteiger partial charge in [0, 0.05) is 0 Å². The topological polar surface area (TPSA) is 63.6 Å². The van der Waals surface area contributed by atoms with Crippen molar-refractivity contribution in [1.82, 2.24) is 0 Å². The van der Waals surface area contributed by atoms with Crippen molar-refractivity contribution in [1.29, 1.82) is 0 Å². The van der Waals surface area contributed by atoms with Crippen LogP contribution in [0.2, 0.25) is 0 Å². The van der Waals surface area contributed by atoms with Gasteiger partial charge in [-0.25, -0.2) is 9.59 Å². The SMILES string of the molecule is CCCCCC(CC(CC)CCCC)OC(=O)C(=O)O. The summed E-state index contributed by atoms with van der Waals surface area (Å²) in [5.41, 5.74) is 0. The highest BCUT2D eigenvalue weighted by Crippen LogP contribution is 2.23. The number of ether oxygens (including phenoxy) is 1. The van der Waals surface area contributed by atoms with Crippen LogP contribution in [0, 0.1) is 5.92 Å².